The third kappa shape index (κ3) is 1.48. The molecule has 0 spiro atoms. The number of allylic oxidation sites excluding steroid dienone is 1. The van der Waals surface area contributed by atoms with Crippen LogP contribution >= 0.6 is 15.9 Å². The van der Waals surface area contributed by atoms with E-state index < -0.39 is 6.10 Å². The summed E-state index contributed by atoms with van der Waals surface area (Å²) in [5.41, 5.74) is 3.43. The largest absolute Gasteiger partial charge is 0.387 e. The van der Waals surface area contributed by atoms with Gasteiger partial charge >= 0.3 is 0 Å². The minimum Gasteiger partial charge on any atom is -0.387 e. The number of aliphatic hydroxyl groups excluding tert-OH is 1. The Kier molecular flexibility index (Phi) is 2.69. The molecule has 21 heavy (non-hydrogen) atoms. The van der Waals surface area contributed by atoms with E-state index in [9.17, 15) is 9.90 Å². The van der Waals surface area contributed by atoms with Crippen LogP contribution in [0, 0.1) is 5.41 Å². The summed E-state index contributed by atoms with van der Waals surface area (Å²) >= 11 is 3.48. The van der Waals surface area contributed by atoms with Crippen molar-refractivity contribution >= 4 is 38.2 Å². The van der Waals surface area contributed by atoms with E-state index in [1.807, 2.05) is 12.1 Å². The van der Waals surface area contributed by atoms with E-state index in [1.165, 1.54) is 0 Å². The van der Waals surface area contributed by atoms with Crippen LogP contribution in [-0.2, 0) is 4.79 Å². The summed E-state index contributed by atoms with van der Waals surface area (Å²) in [5.74, 6) is 0.126. The predicted molar refractivity (Wildman–Crippen MR) is 83.9 cm³/mol. The number of benzene rings is 1. The summed E-state index contributed by atoms with van der Waals surface area (Å²) in [7, 11) is 0. The average molecular weight is 347 g/mol. The number of rotatable bonds is 1. The molecule has 2 aliphatic rings. The molecule has 0 bridgehead atoms. The molecule has 1 aromatic carbocycles. The Hall–Kier alpha value is -1.46. The molecule has 2 unspecified atom stereocenters. The summed E-state index contributed by atoms with van der Waals surface area (Å²) in [6, 6.07) is 3.96. The van der Waals surface area contributed by atoms with Crippen molar-refractivity contribution in [3.05, 3.63) is 33.9 Å². The SMILES string of the molecule is CCC12CCC(=O)C(Br)=C1c1ccc3[nH]ncc3c1C2O. The highest BCUT2D eigenvalue weighted by Crippen LogP contribution is 2.62. The summed E-state index contributed by atoms with van der Waals surface area (Å²) in [6.07, 6.45) is 3.16. The monoisotopic (exact) mass is 346 g/mol. The molecular formula is C16H15BrN2O2. The van der Waals surface area contributed by atoms with Gasteiger partial charge in [0.2, 0.25) is 0 Å². The lowest BCUT2D eigenvalue weighted by Gasteiger charge is -2.37. The van der Waals surface area contributed by atoms with Gasteiger partial charge in [-0.3, -0.25) is 9.89 Å². The van der Waals surface area contributed by atoms with Gasteiger partial charge in [0.15, 0.2) is 5.78 Å². The van der Waals surface area contributed by atoms with Gasteiger partial charge in [0.25, 0.3) is 0 Å². The number of hydrogen-bond acceptors (Lipinski definition) is 3. The molecule has 0 saturated carbocycles. The second-order valence-electron chi connectivity index (χ2n) is 5.88. The molecule has 2 aliphatic carbocycles. The minimum atomic E-state index is -0.588. The maximum Gasteiger partial charge on any atom is 0.170 e. The van der Waals surface area contributed by atoms with Crippen LogP contribution in [0.3, 0.4) is 0 Å². The predicted octanol–water partition coefficient (Wildman–Crippen LogP) is 3.48. The summed E-state index contributed by atoms with van der Waals surface area (Å²) in [4.78, 5) is 12.1. The molecule has 1 aromatic heterocycles. The zero-order valence-corrected chi connectivity index (χ0v) is 13.2. The first kappa shape index (κ1) is 13.2. The Morgan fingerprint density at radius 2 is 2.33 bits per heavy atom. The number of halogens is 1. The highest BCUT2D eigenvalue weighted by atomic mass is 79.9. The van der Waals surface area contributed by atoms with Crippen molar-refractivity contribution in [2.45, 2.75) is 32.3 Å². The Morgan fingerprint density at radius 1 is 1.52 bits per heavy atom. The molecule has 0 fully saturated rings. The molecule has 2 aromatic rings. The molecule has 0 aliphatic heterocycles. The first-order chi connectivity index (χ1) is 10.1. The fourth-order valence-electron chi connectivity index (χ4n) is 3.96. The topological polar surface area (TPSA) is 66.0 Å². The number of Topliss-reactive ketones (excluding diaryl/α,β-unsaturated/α-hetero) is 1. The van der Waals surface area contributed by atoms with Crippen LogP contribution in [0.4, 0.5) is 0 Å². The van der Waals surface area contributed by atoms with Gasteiger partial charge in [-0.25, -0.2) is 0 Å². The van der Waals surface area contributed by atoms with Gasteiger partial charge in [0.1, 0.15) is 0 Å². The molecule has 0 radical (unpaired) electrons. The number of H-pyrrole nitrogens is 1. The molecule has 1 heterocycles. The number of aromatic nitrogens is 2. The summed E-state index contributed by atoms with van der Waals surface area (Å²) in [6.45, 7) is 2.08. The van der Waals surface area contributed by atoms with Gasteiger partial charge in [0.05, 0.1) is 22.3 Å². The summed E-state index contributed by atoms with van der Waals surface area (Å²) < 4.78 is 0.635. The quantitative estimate of drug-likeness (QED) is 0.830. The van der Waals surface area contributed by atoms with E-state index in [0.29, 0.717) is 17.3 Å². The molecule has 108 valence electrons. The lowest BCUT2D eigenvalue weighted by Crippen LogP contribution is -2.30. The van der Waals surface area contributed by atoms with Gasteiger partial charge in [-0.2, -0.15) is 5.10 Å². The van der Waals surface area contributed by atoms with Crippen molar-refractivity contribution in [2.75, 3.05) is 0 Å². The molecular weight excluding hydrogens is 332 g/mol. The van der Waals surface area contributed by atoms with E-state index in [-0.39, 0.29) is 11.2 Å². The van der Waals surface area contributed by atoms with Crippen LogP contribution in [-0.4, -0.2) is 21.1 Å². The number of nitrogens with zero attached hydrogens (tertiary/aromatic N) is 1. The van der Waals surface area contributed by atoms with Gasteiger partial charge in [-0.05, 0) is 51.5 Å². The van der Waals surface area contributed by atoms with Crippen LogP contribution in [0.25, 0.3) is 16.5 Å². The van der Waals surface area contributed by atoms with E-state index in [2.05, 4.69) is 33.1 Å². The standard InChI is InChI=1S/C16H15BrN2O2/c1-2-16-6-5-11(20)14(17)13(16)8-3-4-10-9(7-18-19-10)12(8)15(16)21/h3-4,7,15,21H,2,5-6H2,1H3,(H,18,19). The van der Waals surface area contributed by atoms with Crippen molar-refractivity contribution in [2.24, 2.45) is 5.41 Å². The number of carbonyl (C=O) groups is 1. The zero-order chi connectivity index (χ0) is 14.8. The highest BCUT2D eigenvalue weighted by Gasteiger charge is 2.52. The number of hydrogen-bond donors (Lipinski definition) is 2. The molecule has 2 N–H and O–H groups in total. The van der Waals surface area contributed by atoms with Gasteiger partial charge in [0, 0.05) is 17.2 Å². The van der Waals surface area contributed by atoms with Crippen molar-refractivity contribution in [3.63, 3.8) is 0 Å². The number of ketones is 1. The Bertz CT molecular complexity index is 808. The molecule has 4 rings (SSSR count). The van der Waals surface area contributed by atoms with Gasteiger partial charge in [-0.1, -0.05) is 13.0 Å². The van der Waals surface area contributed by atoms with Gasteiger partial charge < -0.3 is 5.11 Å². The third-order valence-electron chi connectivity index (χ3n) is 5.12. The van der Waals surface area contributed by atoms with Gasteiger partial charge in [-0.15, -0.1) is 0 Å². The number of aliphatic hydroxyl groups is 1. The molecule has 0 amide bonds. The number of carbonyl (C=O) groups excluding carboxylic acids is 1. The van der Waals surface area contributed by atoms with Crippen LogP contribution in [0.2, 0.25) is 0 Å². The third-order valence-corrected chi connectivity index (χ3v) is 5.96. The molecule has 2 atom stereocenters. The van der Waals surface area contributed by atoms with Crippen molar-refractivity contribution in [3.8, 4) is 0 Å². The van der Waals surface area contributed by atoms with Crippen LogP contribution < -0.4 is 0 Å². The van der Waals surface area contributed by atoms with E-state index >= 15 is 0 Å². The maximum atomic E-state index is 12.1. The number of fused-ring (bicyclic) bond motifs is 5. The Labute approximate surface area is 130 Å². The van der Waals surface area contributed by atoms with Crippen LogP contribution in [0.5, 0.6) is 0 Å². The first-order valence-electron chi connectivity index (χ1n) is 7.18. The smallest absolute Gasteiger partial charge is 0.170 e. The Morgan fingerprint density at radius 3 is 3.10 bits per heavy atom. The van der Waals surface area contributed by atoms with Crippen molar-refractivity contribution in [1.29, 1.82) is 0 Å². The lowest BCUT2D eigenvalue weighted by atomic mass is 9.69. The lowest BCUT2D eigenvalue weighted by molar-refractivity contribution is -0.116. The van der Waals surface area contributed by atoms with E-state index in [1.54, 1.807) is 6.20 Å². The zero-order valence-electron chi connectivity index (χ0n) is 11.6. The second kappa shape index (κ2) is 4.27. The maximum absolute atomic E-state index is 12.1. The Balaban J connectivity index is 2.12. The number of nitrogens with one attached hydrogen (secondary N) is 1. The molecule has 0 saturated heterocycles. The second-order valence-corrected chi connectivity index (χ2v) is 6.68. The van der Waals surface area contributed by atoms with E-state index in [4.69, 9.17) is 0 Å². The average Bonchev–Trinajstić information content (AvgIpc) is 3.05. The molecule has 4 nitrogen and oxygen atoms in total. The highest BCUT2D eigenvalue weighted by molar-refractivity contribution is 9.12. The van der Waals surface area contributed by atoms with E-state index in [0.717, 1.165) is 34.0 Å². The van der Waals surface area contributed by atoms with Crippen molar-refractivity contribution in [1.82, 2.24) is 10.2 Å². The molecule has 5 heteroatoms. The van der Waals surface area contributed by atoms with Crippen LogP contribution in [0.1, 0.15) is 43.4 Å². The van der Waals surface area contributed by atoms with Crippen LogP contribution in [0.15, 0.2) is 22.8 Å². The fraction of sp³-hybridized carbons (Fsp3) is 0.375. The van der Waals surface area contributed by atoms with Crippen molar-refractivity contribution < 1.29 is 9.90 Å². The fourth-order valence-corrected chi connectivity index (χ4v) is 4.77. The summed E-state index contributed by atoms with van der Waals surface area (Å²) in [5, 5.41) is 19.0. The first-order valence-corrected chi connectivity index (χ1v) is 7.97. The number of aromatic amines is 1. The minimum absolute atomic E-state index is 0.126. The normalized spacial score (nSPS) is 28.1.